The third kappa shape index (κ3) is 2.15. The molecule has 1 atom stereocenters. The molecule has 3 N–H and O–H groups in total. The number of hydrogen-bond donors (Lipinski definition) is 3. The van der Waals surface area contributed by atoms with Crippen molar-refractivity contribution in [3.63, 3.8) is 0 Å². The summed E-state index contributed by atoms with van der Waals surface area (Å²) in [6.45, 7) is 6.52. The molecule has 1 aliphatic heterocycles. The topological polar surface area (TPSA) is 36.1 Å². The van der Waals surface area contributed by atoms with E-state index in [9.17, 15) is 0 Å². The Hall–Kier alpha value is -0.120. The number of likely N-dealkylation sites (N-methyl/N-ethyl adjacent to an activating group) is 2. The van der Waals surface area contributed by atoms with E-state index in [1.54, 1.807) is 0 Å². The Morgan fingerprint density at radius 3 is 2.82 bits per heavy atom. The molecule has 1 heterocycles. The highest BCUT2D eigenvalue weighted by atomic mass is 15.1. The Morgan fingerprint density at radius 1 is 1.55 bits per heavy atom. The number of hydrogen-bond acceptors (Lipinski definition) is 3. The smallest absolute Gasteiger partial charge is 0.0441 e. The molecule has 0 saturated carbocycles. The first-order valence-electron chi connectivity index (χ1n) is 4.43. The van der Waals surface area contributed by atoms with Gasteiger partial charge < -0.3 is 16.0 Å². The Kier molecular flexibility index (Phi) is 3.30. The monoisotopic (exact) mass is 157 g/mol. The van der Waals surface area contributed by atoms with E-state index in [4.69, 9.17) is 0 Å². The fourth-order valence-electron chi connectivity index (χ4n) is 1.56. The summed E-state index contributed by atoms with van der Waals surface area (Å²) in [4.78, 5) is 0. The number of nitrogens with one attached hydrogen (secondary N) is 3. The second kappa shape index (κ2) is 4.04. The summed E-state index contributed by atoms with van der Waals surface area (Å²) in [5.41, 5.74) is 0.315. The Morgan fingerprint density at radius 2 is 2.36 bits per heavy atom. The summed E-state index contributed by atoms with van der Waals surface area (Å²) in [6.07, 6.45) is 1.23. The zero-order valence-corrected chi connectivity index (χ0v) is 7.54. The molecule has 1 rings (SSSR count). The van der Waals surface area contributed by atoms with Crippen LogP contribution in [0.25, 0.3) is 0 Å². The molecule has 3 heteroatoms. The van der Waals surface area contributed by atoms with Gasteiger partial charge in [-0.1, -0.05) is 6.92 Å². The Balaban J connectivity index is 2.33. The quantitative estimate of drug-likeness (QED) is 0.517. The average molecular weight is 157 g/mol. The third-order valence-corrected chi connectivity index (χ3v) is 2.49. The minimum absolute atomic E-state index is 0.315. The first kappa shape index (κ1) is 8.97. The van der Waals surface area contributed by atoms with E-state index in [0.717, 1.165) is 26.2 Å². The molecule has 1 aliphatic rings. The number of rotatable bonds is 4. The molecular weight excluding hydrogens is 138 g/mol. The Bertz CT molecular complexity index is 108. The van der Waals surface area contributed by atoms with Crippen molar-refractivity contribution in [2.24, 2.45) is 0 Å². The van der Waals surface area contributed by atoms with Crippen molar-refractivity contribution in [1.82, 2.24) is 16.0 Å². The van der Waals surface area contributed by atoms with Gasteiger partial charge in [-0.25, -0.2) is 0 Å². The van der Waals surface area contributed by atoms with Crippen molar-refractivity contribution < 1.29 is 0 Å². The van der Waals surface area contributed by atoms with Crippen LogP contribution in [-0.4, -0.2) is 38.8 Å². The van der Waals surface area contributed by atoms with Crippen molar-refractivity contribution in [2.45, 2.75) is 18.9 Å². The summed E-state index contributed by atoms with van der Waals surface area (Å²) in [7, 11) is 2.05. The summed E-state index contributed by atoms with van der Waals surface area (Å²) in [5.74, 6) is 0. The Labute approximate surface area is 68.9 Å². The van der Waals surface area contributed by atoms with Crippen LogP contribution in [0.3, 0.4) is 0 Å². The lowest BCUT2D eigenvalue weighted by Gasteiger charge is -2.27. The molecule has 0 bridgehead atoms. The highest BCUT2D eigenvalue weighted by Crippen LogP contribution is 2.11. The molecule has 0 aromatic rings. The normalized spacial score (nSPS) is 31.1. The zero-order valence-electron chi connectivity index (χ0n) is 7.54. The van der Waals surface area contributed by atoms with Crippen LogP contribution in [0.4, 0.5) is 0 Å². The molecule has 1 fully saturated rings. The lowest BCUT2D eigenvalue weighted by atomic mass is 9.99. The lowest BCUT2D eigenvalue weighted by molar-refractivity contribution is 0.363. The molecule has 0 aromatic carbocycles. The second-order valence-electron chi connectivity index (χ2n) is 3.24. The summed E-state index contributed by atoms with van der Waals surface area (Å²) >= 11 is 0. The van der Waals surface area contributed by atoms with E-state index in [2.05, 4.69) is 22.9 Å². The van der Waals surface area contributed by atoms with Crippen molar-refractivity contribution in [3.05, 3.63) is 0 Å². The van der Waals surface area contributed by atoms with Crippen LogP contribution >= 0.6 is 0 Å². The summed E-state index contributed by atoms with van der Waals surface area (Å²) in [6, 6.07) is 0. The van der Waals surface area contributed by atoms with E-state index in [0.29, 0.717) is 5.54 Å². The molecule has 0 radical (unpaired) electrons. The molecule has 1 saturated heterocycles. The van der Waals surface area contributed by atoms with Gasteiger partial charge >= 0.3 is 0 Å². The van der Waals surface area contributed by atoms with Gasteiger partial charge in [0, 0.05) is 18.6 Å². The van der Waals surface area contributed by atoms with E-state index in [-0.39, 0.29) is 0 Å². The second-order valence-corrected chi connectivity index (χ2v) is 3.24. The molecule has 1 unspecified atom stereocenters. The van der Waals surface area contributed by atoms with Gasteiger partial charge in [-0.3, -0.25) is 0 Å². The van der Waals surface area contributed by atoms with Crippen molar-refractivity contribution in [2.75, 3.05) is 33.2 Å². The third-order valence-electron chi connectivity index (χ3n) is 2.49. The van der Waals surface area contributed by atoms with Gasteiger partial charge in [-0.2, -0.15) is 0 Å². The SMILES string of the molecule is CCNCC1(NC)CCNC1. The predicted molar refractivity (Wildman–Crippen MR) is 47.8 cm³/mol. The fourth-order valence-corrected chi connectivity index (χ4v) is 1.56. The summed E-state index contributed by atoms with van der Waals surface area (Å²) < 4.78 is 0. The largest absolute Gasteiger partial charge is 0.315 e. The highest BCUT2D eigenvalue weighted by molar-refractivity contribution is 4.96. The maximum Gasteiger partial charge on any atom is 0.0441 e. The van der Waals surface area contributed by atoms with Gasteiger partial charge in [0.15, 0.2) is 0 Å². The van der Waals surface area contributed by atoms with E-state index in [1.165, 1.54) is 6.42 Å². The predicted octanol–water partition coefficient (Wildman–Crippen LogP) is -0.453. The summed E-state index contributed by atoms with van der Waals surface area (Å²) in [5, 5.41) is 10.1. The standard InChI is InChI=1S/C8H19N3/c1-3-10-6-8(9-2)4-5-11-7-8/h9-11H,3-7H2,1-2H3. The van der Waals surface area contributed by atoms with Crippen LogP contribution in [0.15, 0.2) is 0 Å². The zero-order chi connectivity index (χ0) is 8.16. The van der Waals surface area contributed by atoms with E-state index < -0.39 is 0 Å². The van der Waals surface area contributed by atoms with Crippen molar-refractivity contribution in [1.29, 1.82) is 0 Å². The first-order chi connectivity index (χ1) is 5.33. The van der Waals surface area contributed by atoms with Crippen LogP contribution in [-0.2, 0) is 0 Å². The molecule has 0 amide bonds. The van der Waals surface area contributed by atoms with Crippen LogP contribution in [0, 0.1) is 0 Å². The van der Waals surface area contributed by atoms with E-state index >= 15 is 0 Å². The van der Waals surface area contributed by atoms with Crippen LogP contribution in [0.1, 0.15) is 13.3 Å². The maximum atomic E-state index is 3.39. The van der Waals surface area contributed by atoms with Crippen LogP contribution in [0.2, 0.25) is 0 Å². The first-order valence-corrected chi connectivity index (χ1v) is 4.43. The van der Waals surface area contributed by atoms with Gasteiger partial charge in [-0.15, -0.1) is 0 Å². The van der Waals surface area contributed by atoms with Gasteiger partial charge in [0.2, 0.25) is 0 Å². The maximum absolute atomic E-state index is 3.39. The van der Waals surface area contributed by atoms with Gasteiger partial charge in [0.1, 0.15) is 0 Å². The molecule has 0 spiro atoms. The van der Waals surface area contributed by atoms with Gasteiger partial charge in [0.05, 0.1) is 0 Å². The minimum atomic E-state index is 0.315. The van der Waals surface area contributed by atoms with Crippen LogP contribution < -0.4 is 16.0 Å². The van der Waals surface area contributed by atoms with Crippen LogP contribution in [0.5, 0.6) is 0 Å². The molecule has 3 nitrogen and oxygen atoms in total. The lowest BCUT2D eigenvalue weighted by Crippen LogP contribution is -2.52. The highest BCUT2D eigenvalue weighted by Gasteiger charge is 2.30. The molecule has 0 aromatic heterocycles. The fraction of sp³-hybridized carbons (Fsp3) is 1.00. The van der Waals surface area contributed by atoms with E-state index in [1.807, 2.05) is 7.05 Å². The molecular formula is C8H19N3. The molecule has 11 heavy (non-hydrogen) atoms. The minimum Gasteiger partial charge on any atom is -0.315 e. The van der Waals surface area contributed by atoms with Crippen molar-refractivity contribution >= 4 is 0 Å². The molecule has 66 valence electrons. The molecule has 0 aliphatic carbocycles. The average Bonchev–Trinajstić information content (AvgIpc) is 2.50. The van der Waals surface area contributed by atoms with Gasteiger partial charge in [0.25, 0.3) is 0 Å². The van der Waals surface area contributed by atoms with Gasteiger partial charge in [-0.05, 0) is 26.6 Å². The van der Waals surface area contributed by atoms with Crippen molar-refractivity contribution in [3.8, 4) is 0 Å².